The van der Waals surface area contributed by atoms with Crippen LogP contribution < -0.4 is 10.1 Å². The minimum absolute atomic E-state index is 0.0298. The van der Waals surface area contributed by atoms with Crippen molar-refractivity contribution in [2.45, 2.75) is 38.0 Å². The van der Waals surface area contributed by atoms with Crippen molar-refractivity contribution in [3.8, 4) is 5.75 Å². The van der Waals surface area contributed by atoms with Gasteiger partial charge in [-0.1, -0.05) is 23.4 Å². The van der Waals surface area contributed by atoms with E-state index in [1.807, 2.05) is 31.2 Å². The van der Waals surface area contributed by atoms with Crippen LogP contribution in [0.2, 0.25) is 0 Å². The number of carbonyl (C=O) groups excluding carboxylic acids is 1. The number of aromatic nitrogens is 1. The molecule has 186 valence electrons. The monoisotopic (exact) mass is 491 g/mol. The van der Waals surface area contributed by atoms with Crippen LogP contribution in [0.4, 0.5) is 0 Å². The Labute approximate surface area is 201 Å². The molecule has 0 unspecified atom stereocenters. The Kier molecular flexibility index (Phi) is 9.26. The van der Waals surface area contributed by atoms with Gasteiger partial charge in [-0.25, -0.2) is 8.42 Å². The molecule has 1 fully saturated rings. The second-order valence-electron chi connectivity index (χ2n) is 8.09. The maximum absolute atomic E-state index is 13.4. The molecule has 0 spiro atoms. The van der Waals surface area contributed by atoms with Gasteiger partial charge >= 0.3 is 0 Å². The molecule has 1 N–H and O–H groups in total. The molecule has 3 rings (SSSR count). The number of ether oxygens (including phenoxy) is 2. The van der Waals surface area contributed by atoms with Crippen LogP contribution in [0.5, 0.6) is 5.75 Å². The normalized spacial score (nSPS) is 15.6. The van der Waals surface area contributed by atoms with E-state index in [9.17, 15) is 13.2 Å². The molecule has 2 aromatic rings. The first-order valence-corrected chi connectivity index (χ1v) is 12.9. The second kappa shape index (κ2) is 12.1. The van der Waals surface area contributed by atoms with Gasteiger partial charge in [0.15, 0.2) is 10.7 Å². The summed E-state index contributed by atoms with van der Waals surface area (Å²) in [7, 11) is -2.22. The van der Waals surface area contributed by atoms with Gasteiger partial charge in [0.25, 0.3) is 0 Å². The van der Waals surface area contributed by atoms with Crippen LogP contribution in [-0.4, -0.2) is 63.7 Å². The molecular formula is C24H33N3O6S. The molecule has 1 amide bonds. The van der Waals surface area contributed by atoms with Gasteiger partial charge in [0.05, 0.1) is 7.11 Å². The van der Waals surface area contributed by atoms with E-state index < -0.39 is 10.0 Å². The molecule has 10 heteroatoms. The smallest absolute Gasteiger partial charge is 0.248 e. The highest BCUT2D eigenvalue weighted by molar-refractivity contribution is 7.89. The van der Waals surface area contributed by atoms with Crippen LogP contribution in [0.25, 0.3) is 12.2 Å². The number of piperidine rings is 1. The third-order valence-corrected chi connectivity index (χ3v) is 7.83. The van der Waals surface area contributed by atoms with Crippen molar-refractivity contribution in [3.05, 3.63) is 41.3 Å². The molecular weight excluding hydrogens is 458 g/mol. The zero-order valence-electron chi connectivity index (χ0n) is 20.0. The Hall–Kier alpha value is -2.69. The van der Waals surface area contributed by atoms with Gasteiger partial charge in [-0.15, -0.1) is 0 Å². The van der Waals surface area contributed by atoms with Crippen LogP contribution in [0.1, 0.15) is 43.2 Å². The maximum Gasteiger partial charge on any atom is 0.248 e. The van der Waals surface area contributed by atoms with Crippen molar-refractivity contribution in [1.29, 1.82) is 0 Å². The van der Waals surface area contributed by atoms with Crippen molar-refractivity contribution in [2.24, 2.45) is 5.92 Å². The Morgan fingerprint density at radius 2 is 1.94 bits per heavy atom. The number of nitrogens with zero attached hydrogens (tertiary/aromatic N) is 2. The van der Waals surface area contributed by atoms with E-state index in [-0.39, 0.29) is 35.6 Å². The summed E-state index contributed by atoms with van der Waals surface area (Å²) in [5, 5.41) is 6.81. The van der Waals surface area contributed by atoms with Crippen LogP contribution in [0, 0.1) is 12.8 Å². The number of aryl methyl sites for hydroxylation is 1. The number of nitrogens with one attached hydrogen (secondary N) is 1. The van der Waals surface area contributed by atoms with Crippen LogP contribution in [0.3, 0.4) is 0 Å². The predicted octanol–water partition coefficient (Wildman–Crippen LogP) is 3.11. The summed E-state index contributed by atoms with van der Waals surface area (Å²) in [4.78, 5) is 12.5. The molecule has 34 heavy (non-hydrogen) atoms. The van der Waals surface area contributed by atoms with Crippen molar-refractivity contribution in [3.63, 3.8) is 0 Å². The lowest BCUT2D eigenvalue weighted by atomic mass is 9.97. The molecule has 1 aliphatic rings. The van der Waals surface area contributed by atoms with Gasteiger partial charge < -0.3 is 19.3 Å². The minimum atomic E-state index is -3.81. The Balaban J connectivity index is 1.63. The number of amides is 1. The summed E-state index contributed by atoms with van der Waals surface area (Å²) in [6, 6.07) is 7.36. The molecule has 1 aromatic heterocycles. The lowest BCUT2D eigenvalue weighted by molar-refractivity contribution is -0.126. The minimum Gasteiger partial charge on any atom is -0.497 e. The fraction of sp³-hybridized carbons (Fsp3) is 0.500. The molecule has 0 radical (unpaired) electrons. The zero-order valence-corrected chi connectivity index (χ0v) is 20.8. The molecule has 2 heterocycles. The number of benzene rings is 1. The van der Waals surface area contributed by atoms with Gasteiger partial charge in [-0.2, -0.15) is 4.31 Å². The topological polar surface area (TPSA) is 111 Å². The number of rotatable bonds is 11. The molecule has 9 nitrogen and oxygen atoms in total. The number of hydrogen-bond donors (Lipinski definition) is 1. The maximum atomic E-state index is 13.4. The largest absolute Gasteiger partial charge is 0.497 e. The fourth-order valence-electron chi connectivity index (χ4n) is 3.85. The summed E-state index contributed by atoms with van der Waals surface area (Å²) in [5.41, 5.74) is 1.18. The first-order valence-electron chi connectivity index (χ1n) is 11.5. The van der Waals surface area contributed by atoms with E-state index in [0.29, 0.717) is 38.3 Å². The van der Waals surface area contributed by atoms with E-state index in [1.54, 1.807) is 26.2 Å². The van der Waals surface area contributed by atoms with Crippen LogP contribution in [-0.2, 0) is 19.6 Å². The highest BCUT2D eigenvalue weighted by Crippen LogP contribution is 2.29. The van der Waals surface area contributed by atoms with Crippen LogP contribution >= 0.6 is 0 Å². The van der Waals surface area contributed by atoms with Crippen molar-refractivity contribution >= 4 is 28.1 Å². The lowest BCUT2D eigenvalue weighted by Crippen LogP contribution is -2.43. The van der Waals surface area contributed by atoms with Gasteiger partial charge in [0, 0.05) is 38.8 Å². The average molecular weight is 492 g/mol. The summed E-state index contributed by atoms with van der Waals surface area (Å²) in [6.45, 7) is 5.91. The van der Waals surface area contributed by atoms with E-state index >= 15 is 0 Å². The standard InChI is InChI=1S/C24H33N3O6S/c1-4-32-17-5-14-25-24(28)20-12-15-27(16-13-20)34(29,30)23-18(2)26-33-22(23)11-8-19-6-9-21(31-3)10-7-19/h6-11,20H,4-5,12-17H2,1-3H3,(H,25,28). The van der Waals surface area contributed by atoms with E-state index in [0.717, 1.165) is 17.7 Å². The van der Waals surface area contributed by atoms with Gasteiger partial charge in [-0.05, 0) is 56.9 Å². The fourth-order valence-corrected chi connectivity index (χ4v) is 5.57. The molecule has 1 aromatic carbocycles. The molecule has 1 saturated heterocycles. The van der Waals surface area contributed by atoms with Crippen molar-refractivity contribution in [1.82, 2.24) is 14.8 Å². The Morgan fingerprint density at radius 1 is 1.24 bits per heavy atom. The van der Waals surface area contributed by atoms with Gasteiger partial charge in [0.2, 0.25) is 15.9 Å². The molecule has 0 aliphatic carbocycles. The number of sulfonamides is 1. The first kappa shape index (κ1) is 25.9. The summed E-state index contributed by atoms with van der Waals surface area (Å²) in [5.74, 6) is 0.690. The SMILES string of the molecule is CCOCCCNC(=O)C1CCN(S(=O)(=O)c2c(C)noc2C=Cc2ccc(OC)cc2)CC1. The summed E-state index contributed by atoms with van der Waals surface area (Å²) >= 11 is 0. The second-order valence-corrected chi connectivity index (χ2v) is 9.96. The zero-order chi connectivity index (χ0) is 24.6. The lowest BCUT2D eigenvalue weighted by Gasteiger charge is -2.30. The Morgan fingerprint density at radius 3 is 2.59 bits per heavy atom. The number of hydrogen-bond acceptors (Lipinski definition) is 7. The Bertz CT molecular complexity index is 1070. The molecule has 0 bridgehead atoms. The predicted molar refractivity (Wildman–Crippen MR) is 129 cm³/mol. The number of methoxy groups -OCH3 is 1. The summed E-state index contributed by atoms with van der Waals surface area (Å²) in [6.07, 6.45) is 5.07. The molecule has 0 saturated carbocycles. The van der Waals surface area contributed by atoms with Gasteiger partial charge in [0.1, 0.15) is 11.4 Å². The van der Waals surface area contributed by atoms with E-state index in [1.165, 1.54) is 4.31 Å². The first-order chi connectivity index (χ1) is 16.4. The van der Waals surface area contributed by atoms with E-state index in [4.69, 9.17) is 14.0 Å². The number of carbonyl (C=O) groups is 1. The highest BCUT2D eigenvalue weighted by atomic mass is 32.2. The highest BCUT2D eigenvalue weighted by Gasteiger charge is 2.35. The van der Waals surface area contributed by atoms with Gasteiger partial charge in [-0.3, -0.25) is 4.79 Å². The van der Waals surface area contributed by atoms with E-state index in [2.05, 4.69) is 10.5 Å². The van der Waals surface area contributed by atoms with Crippen molar-refractivity contribution in [2.75, 3.05) is 40.0 Å². The third-order valence-electron chi connectivity index (χ3n) is 5.77. The molecule has 1 aliphatic heterocycles. The third kappa shape index (κ3) is 6.46. The summed E-state index contributed by atoms with van der Waals surface area (Å²) < 4.78 is 44.0. The quantitative estimate of drug-likeness (QED) is 0.481. The van der Waals surface area contributed by atoms with Crippen LogP contribution in [0.15, 0.2) is 33.7 Å². The van der Waals surface area contributed by atoms with Crippen molar-refractivity contribution < 1.29 is 27.2 Å². The molecule has 0 atom stereocenters. The average Bonchev–Trinajstić information content (AvgIpc) is 3.24.